The number of carbonyl (C=O) groups excluding carboxylic acids is 2. The maximum Gasteiger partial charge on any atom is 0.250 e. The molecule has 1 aromatic rings. The summed E-state index contributed by atoms with van der Waals surface area (Å²) in [5.74, 6) is -0.0736. The number of para-hydroxylation sites is 2. The van der Waals surface area contributed by atoms with E-state index in [0.717, 1.165) is 11.4 Å². The Hall–Kier alpha value is -1.50. The summed E-state index contributed by atoms with van der Waals surface area (Å²) in [7, 11) is 0. The van der Waals surface area contributed by atoms with Gasteiger partial charge in [0.2, 0.25) is 11.8 Å². The summed E-state index contributed by atoms with van der Waals surface area (Å²) in [6.45, 7) is 2.78. The number of nitrogens with two attached hydrogens (primary N) is 1. The van der Waals surface area contributed by atoms with Crippen molar-refractivity contribution >= 4 is 48.0 Å². The first-order chi connectivity index (χ1) is 10.0. The van der Waals surface area contributed by atoms with Crippen LogP contribution in [0, 0.1) is 0 Å². The van der Waals surface area contributed by atoms with Crippen molar-refractivity contribution in [1.82, 2.24) is 4.90 Å². The van der Waals surface area contributed by atoms with E-state index in [1.807, 2.05) is 24.3 Å². The zero-order chi connectivity index (χ0) is 15.0. The lowest BCUT2D eigenvalue weighted by molar-refractivity contribution is -0.135. The fourth-order valence-corrected chi connectivity index (χ4v) is 3.01. The lowest BCUT2D eigenvalue weighted by atomic mass is 9.84. The Balaban J connectivity index is 0.00000132. The zero-order valence-electron chi connectivity index (χ0n) is 12.9. The molecule has 0 aliphatic carbocycles. The minimum atomic E-state index is -0.622. The zero-order valence-corrected chi connectivity index (χ0v) is 14.5. The van der Waals surface area contributed by atoms with E-state index in [-0.39, 0.29) is 36.6 Å². The molecule has 2 aliphatic rings. The molecule has 8 heteroatoms. The molecule has 6 nitrogen and oxygen atoms in total. The van der Waals surface area contributed by atoms with Gasteiger partial charge < -0.3 is 21.3 Å². The molecule has 1 spiro atoms. The van der Waals surface area contributed by atoms with Crippen LogP contribution in [0.4, 0.5) is 11.4 Å². The second-order valence-electron chi connectivity index (χ2n) is 5.82. The molecule has 0 aromatic heterocycles. The minimum absolute atomic E-state index is 0. The maximum absolute atomic E-state index is 12.4. The number of halogens is 2. The van der Waals surface area contributed by atoms with Crippen LogP contribution in [0.5, 0.6) is 0 Å². The molecular formula is C15H22Cl2N4O2. The Morgan fingerprint density at radius 1 is 1.22 bits per heavy atom. The van der Waals surface area contributed by atoms with Crippen molar-refractivity contribution in [1.29, 1.82) is 0 Å². The number of amides is 2. The van der Waals surface area contributed by atoms with Gasteiger partial charge in [0.15, 0.2) is 0 Å². The molecule has 1 saturated heterocycles. The highest BCUT2D eigenvalue weighted by molar-refractivity contribution is 6.06. The van der Waals surface area contributed by atoms with E-state index in [1.54, 1.807) is 11.8 Å². The van der Waals surface area contributed by atoms with Crippen molar-refractivity contribution in [2.45, 2.75) is 31.3 Å². The molecule has 4 N–H and O–H groups in total. The van der Waals surface area contributed by atoms with E-state index in [1.165, 1.54) is 0 Å². The highest BCUT2D eigenvalue weighted by Gasteiger charge is 2.45. The third-order valence-corrected chi connectivity index (χ3v) is 4.30. The first-order valence-electron chi connectivity index (χ1n) is 7.25. The van der Waals surface area contributed by atoms with Crippen LogP contribution in [0.25, 0.3) is 0 Å². The van der Waals surface area contributed by atoms with Crippen LogP contribution in [0.3, 0.4) is 0 Å². The van der Waals surface area contributed by atoms with Crippen molar-refractivity contribution < 1.29 is 9.59 Å². The summed E-state index contributed by atoms with van der Waals surface area (Å²) >= 11 is 0. The van der Waals surface area contributed by atoms with E-state index in [9.17, 15) is 9.59 Å². The van der Waals surface area contributed by atoms with Crippen LogP contribution in [0.1, 0.15) is 19.8 Å². The number of carbonyl (C=O) groups is 2. The van der Waals surface area contributed by atoms with E-state index in [4.69, 9.17) is 5.73 Å². The third-order valence-electron chi connectivity index (χ3n) is 4.30. The second-order valence-corrected chi connectivity index (χ2v) is 5.82. The fraction of sp³-hybridized carbons (Fsp3) is 0.467. The number of hydrogen-bond acceptors (Lipinski definition) is 4. The molecule has 2 aliphatic heterocycles. The van der Waals surface area contributed by atoms with Crippen LogP contribution >= 0.6 is 24.8 Å². The Labute approximate surface area is 148 Å². The molecule has 2 heterocycles. The first kappa shape index (κ1) is 19.5. The van der Waals surface area contributed by atoms with Crippen LogP contribution < -0.4 is 16.4 Å². The average molecular weight is 361 g/mol. The van der Waals surface area contributed by atoms with E-state index >= 15 is 0 Å². The lowest BCUT2D eigenvalue weighted by Crippen LogP contribution is -2.60. The molecule has 1 fully saturated rings. The smallest absolute Gasteiger partial charge is 0.250 e. The number of likely N-dealkylation sites (tertiary alicyclic amines) is 1. The SMILES string of the molecule is C[C@@H](N)C(=O)N1CCC2(CC1)Nc1ccccc1NC2=O.Cl.Cl. The normalized spacial score (nSPS) is 19.4. The predicted octanol–water partition coefficient (Wildman–Crippen LogP) is 1.60. The van der Waals surface area contributed by atoms with Gasteiger partial charge in [0.05, 0.1) is 17.4 Å². The molecule has 2 amide bonds. The topological polar surface area (TPSA) is 87.5 Å². The second kappa shape index (κ2) is 7.38. The van der Waals surface area contributed by atoms with Crippen molar-refractivity contribution in [3.05, 3.63) is 24.3 Å². The number of fused-ring (bicyclic) bond motifs is 1. The monoisotopic (exact) mass is 360 g/mol. The summed E-state index contributed by atoms with van der Waals surface area (Å²) in [5, 5.41) is 6.33. The minimum Gasteiger partial charge on any atom is -0.369 e. The molecule has 128 valence electrons. The number of piperidine rings is 1. The highest BCUT2D eigenvalue weighted by atomic mass is 35.5. The van der Waals surface area contributed by atoms with Gasteiger partial charge >= 0.3 is 0 Å². The van der Waals surface area contributed by atoms with Gasteiger partial charge in [-0.3, -0.25) is 9.59 Å². The Morgan fingerprint density at radius 2 is 1.78 bits per heavy atom. The first-order valence-corrected chi connectivity index (χ1v) is 7.25. The van der Waals surface area contributed by atoms with Crippen LogP contribution in [0.2, 0.25) is 0 Å². The summed E-state index contributed by atoms with van der Waals surface area (Å²) in [5.41, 5.74) is 6.76. The molecule has 1 aromatic carbocycles. The molecule has 0 saturated carbocycles. The van der Waals surface area contributed by atoms with Crippen molar-refractivity contribution in [2.75, 3.05) is 23.7 Å². The predicted molar refractivity (Wildman–Crippen MR) is 95.4 cm³/mol. The Bertz CT molecular complexity index is 587. The van der Waals surface area contributed by atoms with Gasteiger partial charge in [-0.05, 0) is 31.9 Å². The average Bonchev–Trinajstić information content (AvgIpc) is 2.48. The van der Waals surface area contributed by atoms with Gasteiger partial charge in [0.1, 0.15) is 5.54 Å². The van der Waals surface area contributed by atoms with Crippen LogP contribution in [-0.2, 0) is 9.59 Å². The molecular weight excluding hydrogens is 339 g/mol. The molecule has 0 radical (unpaired) electrons. The number of rotatable bonds is 1. The quantitative estimate of drug-likeness (QED) is 0.709. The lowest BCUT2D eigenvalue weighted by Gasteiger charge is -2.44. The van der Waals surface area contributed by atoms with Gasteiger partial charge in [-0.15, -0.1) is 24.8 Å². The molecule has 0 bridgehead atoms. The van der Waals surface area contributed by atoms with Gasteiger partial charge in [-0.25, -0.2) is 0 Å². The number of anilines is 2. The Morgan fingerprint density at radius 3 is 2.35 bits per heavy atom. The van der Waals surface area contributed by atoms with E-state index < -0.39 is 11.6 Å². The van der Waals surface area contributed by atoms with Crippen LogP contribution in [-0.4, -0.2) is 41.4 Å². The van der Waals surface area contributed by atoms with Gasteiger partial charge in [0, 0.05) is 13.1 Å². The third kappa shape index (κ3) is 3.54. The van der Waals surface area contributed by atoms with Gasteiger partial charge in [0.25, 0.3) is 0 Å². The number of benzene rings is 1. The van der Waals surface area contributed by atoms with E-state index in [0.29, 0.717) is 25.9 Å². The fourth-order valence-electron chi connectivity index (χ4n) is 3.01. The molecule has 1 atom stereocenters. The van der Waals surface area contributed by atoms with Gasteiger partial charge in [-0.1, -0.05) is 12.1 Å². The Kier molecular flexibility index (Phi) is 6.27. The van der Waals surface area contributed by atoms with Crippen LogP contribution in [0.15, 0.2) is 24.3 Å². The van der Waals surface area contributed by atoms with Crippen molar-refractivity contribution in [3.63, 3.8) is 0 Å². The maximum atomic E-state index is 12.4. The largest absolute Gasteiger partial charge is 0.369 e. The summed E-state index contributed by atoms with van der Waals surface area (Å²) in [6, 6.07) is 7.17. The van der Waals surface area contributed by atoms with Crippen molar-refractivity contribution in [3.8, 4) is 0 Å². The standard InChI is InChI=1S/C15H20N4O2.2ClH/c1-10(16)13(20)19-8-6-15(7-9-19)14(21)17-11-4-2-3-5-12(11)18-15;;/h2-5,10,18H,6-9,16H2,1H3,(H,17,21);2*1H/t10-;;/m1../s1. The summed E-state index contributed by atoms with van der Waals surface area (Å²) < 4.78 is 0. The number of hydrogen-bond donors (Lipinski definition) is 3. The number of nitrogens with zero attached hydrogens (tertiary/aromatic N) is 1. The van der Waals surface area contributed by atoms with Crippen molar-refractivity contribution in [2.24, 2.45) is 5.73 Å². The summed E-state index contributed by atoms with van der Waals surface area (Å²) in [6.07, 6.45) is 1.18. The van der Waals surface area contributed by atoms with E-state index in [2.05, 4.69) is 10.6 Å². The molecule has 3 rings (SSSR count). The number of nitrogens with one attached hydrogen (secondary N) is 2. The molecule has 0 unspecified atom stereocenters. The summed E-state index contributed by atoms with van der Waals surface area (Å²) in [4.78, 5) is 26.1. The molecule has 23 heavy (non-hydrogen) atoms. The highest BCUT2D eigenvalue weighted by Crippen LogP contribution is 2.36. The van der Waals surface area contributed by atoms with Gasteiger partial charge in [-0.2, -0.15) is 0 Å².